The summed E-state index contributed by atoms with van der Waals surface area (Å²) in [5.74, 6) is 0. The lowest BCUT2D eigenvalue weighted by atomic mass is 10.2. The van der Waals surface area contributed by atoms with Gasteiger partial charge in [0, 0.05) is 10.6 Å². The maximum Gasteiger partial charge on any atom is 0.346 e. The minimum atomic E-state index is -3.77. The molecule has 152 valence electrons. The van der Waals surface area contributed by atoms with Gasteiger partial charge < -0.3 is 13.6 Å². The van der Waals surface area contributed by atoms with Gasteiger partial charge in [0.2, 0.25) is 0 Å². The van der Waals surface area contributed by atoms with Gasteiger partial charge in [-0.3, -0.25) is 4.57 Å². The Morgan fingerprint density at radius 1 is 0.655 bits per heavy atom. The lowest BCUT2D eigenvalue weighted by Gasteiger charge is -2.33. The normalized spacial score (nSPS) is 13.2. The monoisotopic (exact) mass is 428 g/mol. The number of rotatable bonds is 9. The molecule has 3 aromatic rings. The van der Waals surface area contributed by atoms with Crippen LogP contribution in [0.1, 0.15) is 24.8 Å². The van der Waals surface area contributed by atoms with E-state index in [-0.39, 0.29) is 13.2 Å². The molecule has 0 amide bonds. The van der Waals surface area contributed by atoms with Gasteiger partial charge in [0.25, 0.3) is 0 Å². The van der Waals surface area contributed by atoms with Gasteiger partial charge in [0.15, 0.2) is 7.14 Å². The van der Waals surface area contributed by atoms with Crippen molar-refractivity contribution < 1.29 is 18.2 Å². The van der Waals surface area contributed by atoms with Crippen LogP contribution in [0.5, 0.6) is 0 Å². The van der Waals surface area contributed by atoms with Crippen molar-refractivity contribution in [3.05, 3.63) is 96.6 Å². The number of benzene rings is 3. The molecule has 0 aromatic heterocycles. The molecule has 0 saturated carbocycles. The van der Waals surface area contributed by atoms with E-state index in [1.54, 1.807) is 13.8 Å². The fourth-order valence-electron chi connectivity index (χ4n) is 3.49. The summed E-state index contributed by atoms with van der Waals surface area (Å²) in [5.41, 5.74) is 0.675. The van der Waals surface area contributed by atoms with E-state index in [4.69, 9.17) is 9.05 Å². The van der Waals surface area contributed by atoms with Crippen molar-refractivity contribution in [2.75, 3.05) is 13.2 Å². The highest BCUT2D eigenvalue weighted by Gasteiger charge is 2.51. The molecule has 0 spiro atoms. The molecule has 0 fully saturated rings. The lowest BCUT2D eigenvalue weighted by Crippen LogP contribution is -2.23. The molecule has 0 radical (unpaired) electrons. The molecule has 1 atom stereocenters. The fourth-order valence-corrected chi connectivity index (χ4v) is 10.6. The average Bonchev–Trinajstić information content (AvgIpc) is 2.76. The fraction of sp³-hybridized carbons (Fsp3) is 0.217. The third kappa shape index (κ3) is 4.47. The first kappa shape index (κ1) is 21.7. The van der Waals surface area contributed by atoms with E-state index < -0.39 is 20.1 Å². The Bertz CT molecular complexity index is 938. The highest BCUT2D eigenvalue weighted by Crippen LogP contribution is 2.76. The largest absolute Gasteiger partial charge is 0.346 e. The van der Waals surface area contributed by atoms with E-state index in [9.17, 15) is 9.13 Å². The molecule has 4 nitrogen and oxygen atoms in total. The summed E-state index contributed by atoms with van der Waals surface area (Å²) in [7, 11) is -7.22. The molecular formula is C23H26O4P2. The van der Waals surface area contributed by atoms with Gasteiger partial charge in [-0.2, -0.15) is 0 Å². The molecule has 3 rings (SSSR count). The second kappa shape index (κ2) is 9.69. The zero-order chi connectivity index (χ0) is 20.7. The van der Waals surface area contributed by atoms with Crippen LogP contribution in [-0.2, 0) is 18.2 Å². The van der Waals surface area contributed by atoms with Crippen LogP contribution >= 0.6 is 14.7 Å². The first-order valence-electron chi connectivity index (χ1n) is 9.71. The molecule has 0 aliphatic rings. The summed E-state index contributed by atoms with van der Waals surface area (Å²) in [4.78, 5) is 0. The molecule has 0 N–H and O–H groups in total. The van der Waals surface area contributed by atoms with Crippen LogP contribution in [-0.4, -0.2) is 13.2 Å². The first-order chi connectivity index (χ1) is 14.1. The topological polar surface area (TPSA) is 52.6 Å². The van der Waals surface area contributed by atoms with E-state index in [1.165, 1.54) is 0 Å². The van der Waals surface area contributed by atoms with Crippen LogP contribution in [0.2, 0.25) is 0 Å². The van der Waals surface area contributed by atoms with Crippen LogP contribution < -0.4 is 10.6 Å². The highest BCUT2D eigenvalue weighted by atomic mass is 31.2. The molecule has 0 bridgehead atoms. The van der Waals surface area contributed by atoms with Crippen molar-refractivity contribution in [2.45, 2.75) is 19.2 Å². The Labute approximate surface area is 172 Å². The molecule has 6 heteroatoms. The van der Waals surface area contributed by atoms with Crippen molar-refractivity contribution in [3.63, 3.8) is 0 Å². The smallest absolute Gasteiger partial charge is 0.312 e. The van der Waals surface area contributed by atoms with Gasteiger partial charge >= 0.3 is 7.60 Å². The van der Waals surface area contributed by atoms with Crippen LogP contribution in [0, 0.1) is 0 Å². The van der Waals surface area contributed by atoms with Crippen molar-refractivity contribution in [1.82, 2.24) is 0 Å². The van der Waals surface area contributed by atoms with Crippen LogP contribution in [0.25, 0.3) is 0 Å². The van der Waals surface area contributed by atoms with Crippen molar-refractivity contribution in [1.29, 1.82) is 0 Å². The summed E-state index contributed by atoms with van der Waals surface area (Å²) in [5, 5.41) is 0.306. The zero-order valence-corrected chi connectivity index (χ0v) is 18.5. The van der Waals surface area contributed by atoms with E-state index in [1.807, 2.05) is 91.0 Å². The van der Waals surface area contributed by atoms with Crippen molar-refractivity contribution >= 4 is 25.3 Å². The van der Waals surface area contributed by atoms with Gasteiger partial charge in [0.05, 0.1) is 13.2 Å². The quantitative estimate of drug-likeness (QED) is 0.394. The summed E-state index contributed by atoms with van der Waals surface area (Å²) >= 11 is 0. The molecule has 29 heavy (non-hydrogen) atoms. The molecule has 0 saturated heterocycles. The Kier molecular flexibility index (Phi) is 7.27. The lowest BCUT2D eigenvalue weighted by molar-refractivity contribution is 0.217. The van der Waals surface area contributed by atoms with E-state index in [2.05, 4.69) is 0 Å². The molecule has 0 unspecified atom stereocenters. The van der Waals surface area contributed by atoms with Crippen molar-refractivity contribution in [2.24, 2.45) is 0 Å². The van der Waals surface area contributed by atoms with E-state index in [0.717, 1.165) is 0 Å². The molecule has 0 aliphatic heterocycles. The maximum atomic E-state index is 15.0. The predicted octanol–water partition coefficient (Wildman–Crippen LogP) is 5.97. The van der Waals surface area contributed by atoms with Crippen molar-refractivity contribution in [3.8, 4) is 0 Å². The van der Waals surface area contributed by atoms with Gasteiger partial charge in [0.1, 0.15) is 5.40 Å². The third-order valence-corrected chi connectivity index (χ3v) is 11.7. The van der Waals surface area contributed by atoms with Gasteiger partial charge in [-0.1, -0.05) is 91.0 Å². The van der Waals surface area contributed by atoms with Crippen LogP contribution in [0.3, 0.4) is 0 Å². The first-order valence-corrected chi connectivity index (χ1v) is 13.1. The van der Waals surface area contributed by atoms with Crippen LogP contribution in [0.15, 0.2) is 91.0 Å². The second-order valence-corrected chi connectivity index (χ2v) is 11.9. The van der Waals surface area contributed by atoms with Gasteiger partial charge in [-0.05, 0) is 19.4 Å². The van der Waals surface area contributed by atoms with Gasteiger partial charge in [-0.25, -0.2) is 0 Å². The molecular weight excluding hydrogens is 402 g/mol. The maximum absolute atomic E-state index is 15.0. The third-order valence-electron chi connectivity index (χ3n) is 4.64. The summed E-state index contributed by atoms with van der Waals surface area (Å²) in [6.07, 6.45) is 0. The van der Waals surface area contributed by atoms with E-state index >= 15 is 0 Å². The van der Waals surface area contributed by atoms with E-state index in [0.29, 0.717) is 16.2 Å². The minimum Gasteiger partial charge on any atom is -0.312 e. The molecule has 3 aromatic carbocycles. The number of hydrogen-bond acceptors (Lipinski definition) is 4. The molecule has 0 aliphatic carbocycles. The highest BCUT2D eigenvalue weighted by molar-refractivity contribution is 7.87. The second-order valence-electron chi connectivity index (χ2n) is 6.49. The Balaban J connectivity index is 2.35. The Hall–Kier alpha value is -1.96. The summed E-state index contributed by atoms with van der Waals surface area (Å²) in [6, 6.07) is 27.7. The van der Waals surface area contributed by atoms with Gasteiger partial charge in [-0.15, -0.1) is 0 Å². The minimum absolute atomic E-state index is 0.199. The standard InChI is InChI=1S/C23H26O4P2/c1-3-26-29(25,27-4-2)23(20-14-8-5-9-15-20)28(24,21-16-10-6-11-17-21)22-18-12-7-13-19-22/h5-19,23H,3-4H2,1-2H3/t23-/m0/s1. The SMILES string of the molecule is CCOP(=O)(OCC)[C@@H](c1ccccc1)P(=O)(c1ccccc1)c1ccccc1. The predicted molar refractivity (Wildman–Crippen MR) is 120 cm³/mol. The Morgan fingerprint density at radius 3 is 1.41 bits per heavy atom. The summed E-state index contributed by atoms with van der Waals surface area (Å²) < 4.78 is 40.5. The number of hydrogen-bond donors (Lipinski definition) is 0. The summed E-state index contributed by atoms with van der Waals surface area (Å²) in [6.45, 7) is 3.93. The van der Waals surface area contributed by atoms with Crippen LogP contribution in [0.4, 0.5) is 0 Å². The zero-order valence-electron chi connectivity index (χ0n) is 16.7. The average molecular weight is 428 g/mol. The Morgan fingerprint density at radius 2 is 1.03 bits per heavy atom. The molecule has 0 heterocycles.